The Kier molecular flexibility index (Phi) is 8.63. The molecule has 1 unspecified atom stereocenters. The standard InChI is InChI=1S/C31H37N5O3S/c1-4-5-8-24-11-17-27(18-12-24)40(37,38)36-21-19-35(20-22-36)23(2)30-33-29-10-7-6-9-28(29)31(34-30)32-25-13-15-26(39-3)16-14-25/h6-7,9-18,23H,4-5,8,19-22H2,1-3H3,(H,32,33,34). The normalized spacial score (nSPS) is 15.7. The molecule has 1 saturated heterocycles. The number of unbranched alkanes of at least 4 members (excludes halogenated alkanes) is 1. The van der Waals surface area contributed by atoms with E-state index in [-0.39, 0.29) is 6.04 Å². The fraction of sp³-hybridized carbons (Fsp3) is 0.355. The van der Waals surface area contributed by atoms with Crippen molar-refractivity contribution in [3.8, 4) is 5.75 Å². The second kappa shape index (κ2) is 12.3. The van der Waals surface area contributed by atoms with Crippen LogP contribution >= 0.6 is 0 Å². The lowest BCUT2D eigenvalue weighted by Gasteiger charge is -2.37. The number of hydrogen-bond acceptors (Lipinski definition) is 7. The highest BCUT2D eigenvalue weighted by atomic mass is 32.2. The maximum Gasteiger partial charge on any atom is 0.243 e. The van der Waals surface area contributed by atoms with Crippen molar-refractivity contribution in [2.24, 2.45) is 0 Å². The molecule has 9 heteroatoms. The van der Waals surface area contributed by atoms with Gasteiger partial charge < -0.3 is 10.1 Å². The average molecular weight is 560 g/mol. The minimum Gasteiger partial charge on any atom is -0.497 e. The number of rotatable bonds is 10. The predicted molar refractivity (Wildman–Crippen MR) is 160 cm³/mol. The van der Waals surface area contributed by atoms with Gasteiger partial charge in [-0.2, -0.15) is 4.31 Å². The van der Waals surface area contributed by atoms with Crippen molar-refractivity contribution >= 4 is 32.4 Å². The van der Waals surface area contributed by atoms with E-state index < -0.39 is 10.0 Å². The molecule has 1 N–H and O–H groups in total. The number of hydrogen-bond donors (Lipinski definition) is 1. The van der Waals surface area contributed by atoms with Crippen LogP contribution in [0, 0.1) is 0 Å². The quantitative estimate of drug-likeness (QED) is 0.263. The predicted octanol–water partition coefficient (Wildman–Crippen LogP) is 5.79. The molecule has 1 aromatic heterocycles. The SMILES string of the molecule is CCCCc1ccc(S(=O)(=O)N2CCN(C(C)c3nc(Nc4ccc(OC)cc4)c4ccccc4n3)CC2)cc1. The Morgan fingerprint density at radius 2 is 1.62 bits per heavy atom. The summed E-state index contributed by atoms with van der Waals surface area (Å²) in [5.74, 6) is 2.23. The molecule has 40 heavy (non-hydrogen) atoms. The number of para-hydroxylation sites is 1. The van der Waals surface area contributed by atoms with Gasteiger partial charge in [0.2, 0.25) is 10.0 Å². The first-order valence-corrected chi connectivity index (χ1v) is 15.3. The molecule has 0 aliphatic carbocycles. The van der Waals surface area contributed by atoms with Crippen molar-refractivity contribution in [1.29, 1.82) is 0 Å². The highest BCUT2D eigenvalue weighted by molar-refractivity contribution is 7.89. The number of benzene rings is 3. The summed E-state index contributed by atoms with van der Waals surface area (Å²) >= 11 is 0. The Bertz CT molecular complexity index is 1530. The molecule has 0 bridgehead atoms. The lowest BCUT2D eigenvalue weighted by Crippen LogP contribution is -2.49. The third-order valence-corrected chi connectivity index (χ3v) is 9.46. The van der Waals surface area contributed by atoms with Crippen LogP contribution in [0.2, 0.25) is 0 Å². The molecule has 8 nitrogen and oxygen atoms in total. The third-order valence-electron chi connectivity index (χ3n) is 7.55. The Labute approximate surface area is 237 Å². The van der Waals surface area contributed by atoms with Gasteiger partial charge >= 0.3 is 0 Å². The van der Waals surface area contributed by atoms with E-state index in [2.05, 4.69) is 24.1 Å². The van der Waals surface area contributed by atoms with Crippen LogP contribution in [-0.4, -0.2) is 60.9 Å². The molecule has 0 radical (unpaired) electrons. The molecule has 2 heterocycles. The van der Waals surface area contributed by atoms with Gasteiger partial charge in [-0.15, -0.1) is 0 Å². The van der Waals surface area contributed by atoms with E-state index in [4.69, 9.17) is 14.7 Å². The van der Waals surface area contributed by atoms with E-state index in [0.29, 0.717) is 36.9 Å². The average Bonchev–Trinajstić information content (AvgIpc) is 3.00. The Morgan fingerprint density at radius 1 is 0.925 bits per heavy atom. The molecule has 0 amide bonds. The molecule has 210 valence electrons. The molecule has 4 aromatic rings. The van der Waals surface area contributed by atoms with E-state index >= 15 is 0 Å². The van der Waals surface area contributed by atoms with Gasteiger partial charge in [0.15, 0.2) is 0 Å². The number of anilines is 2. The Morgan fingerprint density at radius 3 is 2.30 bits per heavy atom. The number of ether oxygens (including phenoxy) is 1. The molecule has 1 fully saturated rings. The Hall–Kier alpha value is -3.53. The first-order valence-electron chi connectivity index (χ1n) is 13.9. The molecule has 1 aliphatic heterocycles. The van der Waals surface area contributed by atoms with Crippen LogP contribution < -0.4 is 10.1 Å². The summed E-state index contributed by atoms with van der Waals surface area (Å²) < 4.78 is 33.5. The van der Waals surface area contributed by atoms with Crippen LogP contribution in [0.1, 0.15) is 44.1 Å². The summed E-state index contributed by atoms with van der Waals surface area (Å²) in [4.78, 5) is 12.4. The number of aromatic nitrogens is 2. The van der Waals surface area contributed by atoms with Crippen molar-refractivity contribution in [1.82, 2.24) is 19.2 Å². The van der Waals surface area contributed by atoms with Crippen molar-refractivity contribution in [2.75, 3.05) is 38.6 Å². The van der Waals surface area contributed by atoms with E-state index in [1.165, 1.54) is 5.56 Å². The molecule has 0 spiro atoms. The van der Waals surface area contributed by atoms with Crippen molar-refractivity contribution < 1.29 is 13.2 Å². The summed E-state index contributed by atoms with van der Waals surface area (Å²) in [6.45, 7) is 6.30. The van der Waals surface area contributed by atoms with Crippen molar-refractivity contribution in [3.05, 3.63) is 84.2 Å². The van der Waals surface area contributed by atoms with Gasteiger partial charge in [-0.3, -0.25) is 4.90 Å². The molecular formula is C31H37N5O3S. The van der Waals surface area contributed by atoms with Gasteiger partial charge in [-0.1, -0.05) is 37.6 Å². The number of sulfonamides is 1. The monoisotopic (exact) mass is 559 g/mol. The summed E-state index contributed by atoms with van der Waals surface area (Å²) in [7, 11) is -1.88. The van der Waals surface area contributed by atoms with Crippen LogP contribution in [-0.2, 0) is 16.4 Å². The maximum atomic E-state index is 13.3. The van der Waals surface area contributed by atoms with Crippen LogP contribution in [0.5, 0.6) is 5.75 Å². The van der Waals surface area contributed by atoms with E-state index in [0.717, 1.165) is 47.4 Å². The zero-order valence-corrected chi connectivity index (χ0v) is 24.2. The van der Waals surface area contributed by atoms with Gasteiger partial charge in [-0.05, 0) is 73.9 Å². The van der Waals surface area contributed by atoms with Crippen molar-refractivity contribution in [2.45, 2.75) is 44.0 Å². The highest BCUT2D eigenvalue weighted by Gasteiger charge is 2.31. The molecular weight excluding hydrogens is 522 g/mol. The first-order chi connectivity index (χ1) is 19.4. The minimum atomic E-state index is -3.53. The van der Waals surface area contributed by atoms with Crippen LogP contribution in [0.25, 0.3) is 10.9 Å². The van der Waals surface area contributed by atoms with Gasteiger partial charge in [0.1, 0.15) is 17.4 Å². The topological polar surface area (TPSA) is 87.7 Å². The number of nitrogens with zero attached hydrogens (tertiary/aromatic N) is 4. The molecule has 1 aliphatic rings. The fourth-order valence-corrected chi connectivity index (χ4v) is 6.46. The van der Waals surface area contributed by atoms with Gasteiger partial charge in [0.05, 0.1) is 23.6 Å². The van der Waals surface area contributed by atoms with Crippen LogP contribution in [0.3, 0.4) is 0 Å². The number of aryl methyl sites for hydroxylation is 1. The smallest absolute Gasteiger partial charge is 0.243 e. The summed E-state index contributed by atoms with van der Waals surface area (Å²) in [5, 5.41) is 4.38. The van der Waals surface area contributed by atoms with Crippen molar-refractivity contribution in [3.63, 3.8) is 0 Å². The number of piperazine rings is 1. The largest absolute Gasteiger partial charge is 0.497 e. The zero-order chi connectivity index (χ0) is 28.1. The second-order valence-electron chi connectivity index (χ2n) is 10.2. The number of fused-ring (bicyclic) bond motifs is 1. The summed E-state index contributed by atoms with van der Waals surface area (Å²) in [6.07, 6.45) is 3.20. The van der Waals surface area contributed by atoms with Gasteiger partial charge in [0, 0.05) is 37.3 Å². The second-order valence-corrected chi connectivity index (χ2v) is 12.1. The minimum absolute atomic E-state index is 0.0799. The fourth-order valence-electron chi connectivity index (χ4n) is 5.04. The van der Waals surface area contributed by atoms with E-state index in [1.807, 2.05) is 60.7 Å². The van der Waals surface area contributed by atoms with Gasteiger partial charge in [-0.25, -0.2) is 18.4 Å². The molecule has 3 aromatic carbocycles. The lowest BCUT2D eigenvalue weighted by atomic mass is 10.1. The zero-order valence-electron chi connectivity index (χ0n) is 23.4. The molecule has 1 atom stereocenters. The molecule has 5 rings (SSSR count). The summed E-state index contributed by atoms with van der Waals surface area (Å²) in [5.41, 5.74) is 2.94. The number of methoxy groups -OCH3 is 1. The van der Waals surface area contributed by atoms with Crippen LogP contribution in [0.4, 0.5) is 11.5 Å². The van der Waals surface area contributed by atoms with Crippen LogP contribution in [0.15, 0.2) is 77.7 Å². The highest BCUT2D eigenvalue weighted by Crippen LogP contribution is 2.29. The first kappa shape index (κ1) is 28.0. The Balaban J connectivity index is 1.30. The van der Waals surface area contributed by atoms with Gasteiger partial charge in [0.25, 0.3) is 0 Å². The van der Waals surface area contributed by atoms with E-state index in [1.54, 1.807) is 23.5 Å². The third kappa shape index (κ3) is 6.11. The lowest BCUT2D eigenvalue weighted by molar-refractivity contribution is 0.141. The van der Waals surface area contributed by atoms with E-state index in [9.17, 15) is 8.42 Å². The maximum absolute atomic E-state index is 13.3. The summed E-state index contributed by atoms with van der Waals surface area (Å²) in [6, 6.07) is 23.0. The number of nitrogens with one attached hydrogen (secondary N) is 1. The molecule has 0 saturated carbocycles.